The second kappa shape index (κ2) is 7.97. The number of nitrogens with one attached hydrogen (secondary N) is 1. The predicted octanol–water partition coefficient (Wildman–Crippen LogP) is 0.301. The van der Waals surface area contributed by atoms with Crippen LogP contribution in [0.3, 0.4) is 0 Å². The molecule has 20 heavy (non-hydrogen) atoms. The van der Waals surface area contributed by atoms with Gasteiger partial charge in [0.1, 0.15) is 0 Å². The molecule has 1 aromatic carbocycles. The fraction of sp³-hybridized carbons (Fsp3) is 0.333. The van der Waals surface area contributed by atoms with Crippen molar-refractivity contribution in [2.24, 2.45) is 11.5 Å². The first-order valence-electron chi connectivity index (χ1n) is 6.41. The average Bonchev–Trinajstić information content (AvgIpc) is 2.42. The molecule has 5 N–H and O–H groups in total. The Morgan fingerprint density at radius 2 is 2.10 bits per heavy atom. The van der Waals surface area contributed by atoms with Crippen LogP contribution in [0, 0.1) is 18.8 Å². The van der Waals surface area contributed by atoms with E-state index in [0.29, 0.717) is 18.5 Å². The van der Waals surface area contributed by atoms with Gasteiger partial charge in [0.2, 0.25) is 5.91 Å². The normalized spacial score (nSPS) is 9.50. The molecule has 106 valence electrons. The third-order valence-electron chi connectivity index (χ3n) is 2.79. The summed E-state index contributed by atoms with van der Waals surface area (Å²) in [7, 11) is 0. The first-order chi connectivity index (χ1) is 9.56. The number of primary amides is 1. The van der Waals surface area contributed by atoms with Crippen LogP contribution in [0.25, 0.3) is 0 Å². The van der Waals surface area contributed by atoms with Crippen LogP contribution < -0.4 is 16.8 Å². The lowest BCUT2D eigenvalue weighted by Gasteiger charge is -2.08. The third-order valence-corrected chi connectivity index (χ3v) is 2.79. The Balaban J connectivity index is 2.71. The van der Waals surface area contributed by atoms with Crippen LogP contribution in [0.4, 0.5) is 0 Å². The van der Waals surface area contributed by atoms with E-state index in [2.05, 4.69) is 17.2 Å². The molecule has 2 amide bonds. The maximum atomic E-state index is 12.0. The highest BCUT2D eigenvalue weighted by molar-refractivity contribution is 5.96. The number of carbonyl (C=O) groups excluding carboxylic acids is 2. The SMILES string of the molecule is Cc1c(C#CCN)cccc1C(=O)NCCCC(N)=O. The van der Waals surface area contributed by atoms with Crippen LogP contribution in [0.15, 0.2) is 18.2 Å². The highest BCUT2D eigenvalue weighted by Gasteiger charge is 2.10. The summed E-state index contributed by atoms with van der Waals surface area (Å²) < 4.78 is 0. The molecule has 0 aliphatic heterocycles. The maximum absolute atomic E-state index is 12.0. The summed E-state index contributed by atoms with van der Waals surface area (Å²) in [6.07, 6.45) is 0.800. The maximum Gasteiger partial charge on any atom is 0.251 e. The summed E-state index contributed by atoms with van der Waals surface area (Å²) in [5.74, 6) is 5.16. The lowest BCUT2D eigenvalue weighted by atomic mass is 10.0. The number of carbonyl (C=O) groups is 2. The summed E-state index contributed by atoms with van der Waals surface area (Å²) in [6.45, 7) is 2.54. The van der Waals surface area contributed by atoms with Gasteiger partial charge in [0, 0.05) is 24.1 Å². The molecule has 0 fully saturated rings. The fourth-order valence-corrected chi connectivity index (χ4v) is 1.72. The number of rotatable bonds is 5. The van der Waals surface area contributed by atoms with E-state index in [1.165, 1.54) is 0 Å². The van der Waals surface area contributed by atoms with E-state index >= 15 is 0 Å². The van der Waals surface area contributed by atoms with Gasteiger partial charge in [0.25, 0.3) is 5.91 Å². The van der Waals surface area contributed by atoms with Gasteiger partial charge in [0.15, 0.2) is 0 Å². The van der Waals surface area contributed by atoms with Crippen molar-refractivity contribution in [2.45, 2.75) is 19.8 Å². The molecule has 0 heterocycles. The van der Waals surface area contributed by atoms with E-state index in [0.717, 1.165) is 11.1 Å². The Kier molecular flexibility index (Phi) is 6.27. The van der Waals surface area contributed by atoms with Crippen molar-refractivity contribution in [1.29, 1.82) is 0 Å². The molecular weight excluding hydrogens is 254 g/mol. The number of nitrogens with two attached hydrogens (primary N) is 2. The van der Waals surface area contributed by atoms with Gasteiger partial charge < -0.3 is 16.8 Å². The quantitative estimate of drug-likeness (QED) is 0.531. The van der Waals surface area contributed by atoms with Gasteiger partial charge in [-0.3, -0.25) is 9.59 Å². The van der Waals surface area contributed by atoms with Crippen molar-refractivity contribution in [3.63, 3.8) is 0 Å². The van der Waals surface area contributed by atoms with Gasteiger partial charge in [-0.05, 0) is 31.0 Å². The van der Waals surface area contributed by atoms with Crippen LogP contribution in [-0.4, -0.2) is 24.9 Å². The minimum absolute atomic E-state index is 0.177. The van der Waals surface area contributed by atoms with Crippen molar-refractivity contribution in [3.05, 3.63) is 34.9 Å². The molecule has 5 nitrogen and oxygen atoms in total. The first-order valence-corrected chi connectivity index (χ1v) is 6.41. The summed E-state index contributed by atoms with van der Waals surface area (Å²) in [4.78, 5) is 22.6. The molecule has 0 aliphatic carbocycles. The van der Waals surface area contributed by atoms with Crippen molar-refractivity contribution < 1.29 is 9.59 Å². The van der Waals surface area contributed by atoms with Crippen LogP contribution in [0.5, 0.6) is 0 Å². The van der Waals surface area contributed by atoms with Gasteiger partial charge in [0.05, 0.1) is 6.54 Å². The zero-order chi connectivity index (χ0) is 15.0. The van der Waals surface area contributed by atoms with Crippen molar-refractivity contribution >= 4 is 11.8 Å². The highest BCUT2D eigenvalue weighted by Crippen LogP contribution is 2.12. The Bertz CT molecular complexity index is 556. The molecule has 0 aliphatic rings. The summed E-state index contributed by atoms with van der Waals surface area (Å²) in [5.41, 5.74) is 12.6. The highest BCUT2D eigenvalue weighted by atomic mass is 16.2. The summed E-state index contributed by atoms with van der Waals surface area (Å²) >= 11 is 0. The molecule has 0 unspecified atom stereocenters. The molecule has 0 saturated carbocycles. The van der Waals surface area contributed by atoms with E-state index in [9.17, 15) is 9.59 Å². The largest absolute Gasteiger partial charge is 0.370 e. The van der Waals surface area contributed by atoms with Crippen LogP contribution in [0.1, 0.15) is 34.3 Å². The zero-order valence-corrected chi connectivity index (χ0v) is 11.5. The Labute approximate surface area is 118 Å². The van der Waals surface area contributed by atoms with Crippen molar-refractivity contribution in [1.82, 2.24) is 5.32 Å². The van der Waals surface area contributed by atoms with Crippen LogP contribution in [0.2, 0.25) is 0 Å². The second-order valence-electron chi connectivity index (χ2n) is 4.31. The molecular formula is C15H19N3O2. The fourth-order valence-electron chi connectivity index (χ4n) is 1.72. The Morgan fingerprint density at radius 1 is 1.35 bits per heavy atom. The zero-order valence-electron chi connectivity index (χ0n) is 11.5. The van der Waals surface area contributed by atoms with Gasteiger partial charge in [-0.2, -0.15) is 0 Å². The van der Waals surface area contributed by atoms with E-state index in [1.807, 2.05) is 13.0 Å². The molecule has 0 bridgehead atoms. The number of hydrogen-bond acceptors (Lipinski definition) is 3. The molecule has 0 atom stereocenters. The minimum atomic E-state index is -0.366. The molecule has 0 aromatic heterocycles. The number of hydrogen-bond donors (Lipinski definition) is 3. The van der Waals surface area contributed by atoms with E-state index in [1.54, 1.807) is 12.1 Å². The molecule has 0 radical (unpaired) electrons. The lowest BCUT2D eigenvalue weighted by molar-refractivity contribution is -0.118. The van der Waals surface area contributed by atoms with Gasteiger partial charge >= 0.3 is 0 Å². The second-order valence-corrected chi connectivity index (χ2v) is 4.31. The molecule has 0 spiro atoms. The van der Waals surface area contributed by atoms with E-state index in [-0.39, 0.29) is 24.8 Å². The number of amides is 2. The predicted molar refractivity (Wildman–Crippen MR) is 77.9 cm³/mol. The van der Waals surface area contributed by atoms with Crippen molar-refractivity contribution in [2.75, 3.05) is 13.1 Å². The smallest absolute Gasteiger partial charge is 0.251 e. The third kappa shape index (κ3) is 4.75. The average molecular weight is 273 g/mol. The van der Waals surface area contributed by atoms with E-state index < -0.39 is 0 Å². The van der Waals surface area contributed by atoms with E-state index in [4.69, 9.17) is 11.5 Å². The van der Waals surface area contributed by atoms with Crippen molar-refractivity contribution in [3.8, 4) is 11.8 Å². The van der Waals surface area contributed by atoms with Gasteiger partial charge in [-0.15, -0.1) is 0 Å². The lowest BCUT2D eigenvalue weighted by Crippen LogP contribution is -2.26. The van der Waals surface area contributed by atoms with Gasteiger partial charge in [-0.25, -0.2) is 0 Å². The monoisotopic (exact) mass is 273 g/mol. The molecule has 1 aromatic rings. The number of benzene rings is 1. The standard InChI is InChI=1S/C15H19N3O2/c1-11-12(6-3-9-16)5-2-7-13(11)15(20)18-10-4-8-14(17)19/h2,5,7H,4,8-10,16H2,1H3,(H2,17,19)(H,18,20). The first kappa shape index (κ1) is 15.7. The summed E-state index contributed by atoms with van der Waals surface area (Å²) in [5, 5.41) is 2.76. The Morgan fingerprint density at radius 3 is 2.75 bits per heavy atom. The molecule has 1 rings (SSSR count). The minimum Gasteiger partial charge on any atom is -0.370 e. The van der Waals surface area contributed by atoms with Crippen LogP contribution in [-0.2, 0) is 4.79 Å². The van der Waals surface area contributed by atoms with Gasteiger partial charge in [-0.1, -0.05) is 17.9 Å². The summed E-state index contributed by atoms with van der Waals surface area (Å²) in [6, 6.07) is 5.38. The molecule has 5 heteroatoms. The Hall–Kier alpha value is -2.32. The topological polar surface area (TPSA) is 98.2 Å². The van der Waals surface area contributed by atoms with Crippen LogP contribution >= 0.6 is 0 Å². The molecule has 0 saturated heterocycles.